The largest absolute Gasteiger partial charge is 0.357 e. The Bertz CT molecular complexity index is 806. The molecule has 2 fully saturated rings. The van der Waals surface area contributed by atoms with Crippen molar-refractivity contribution >= 4 is 27.8 Å². The molecule has 1 saturated carbocycles. The third-order valence-corrected chi connectivity index (χ3v) is 6.55. The van der Waals surface area contributed by atoms with Crippen LogP contribution in [0.3, 0.4) is 0 Å². The molecule has 2 bridgehead atoms. The molecule has 3 aliphatic rings. The number of rotatable bonds is 8. The third-order valence-electron chi connectivity index (χ3n) is 5.63. The summed E-state index contributed by atoms with van der Waals surface area (Å²) < 4.78 is 25.5. The van der Waals surface area contributed by atoms with Crippen LogP contribution in [0.2, 0.25) is 0 Å². The molecule has 3 N–H and O–H groups in total. The molecule has 29 heavy (non-hydrogen) atoms. The Morgan fingerprint density at radius 2 is 1.76 bits per heavy atom. The second-order valence-electron chi connectivity index (χ2n) is 8.71. The molecular weight excluding hydrogens is 394 g/mol. The second kappa shape index (κ2) is 8.06. The van der Waals surface area contributed by atoms with Gasteiger partial charge >= 0.3 is 0 Å². The number of hydrogen-bond acceptors (Lipinski definition) is 5. The minimum Gasteiger partial charge on any atom is -0.357 e. The van der Waals surface area contributed by atoms with Crippen LogP contribution in [0.4, 0.5) is 0 Å². The number of aliphatic imine (C=N–C) groups is 1. The number of hydrogen-bond donors (Lipinski definition) is 3. The number of sulfonamides is 1. The minimum atomic E-state index is -3.34. The maximum Gasteiger partial charge on any atom is 0.233 e. The zero-order valence-electron chi connectivity index (χ0n) is 17.4. The average molecular weight is 426 g/mol. The summed E-state index contributed by atoms with van der Waals surface area (Å²) in [7, 11) is -3.34. The van der Waals surface area contributed by atoms with E-state index in [0.29, 0.717) is 25.6 Å². The maximum atomic E-state index is 12.7. The molecule has 2 amide bonds. The lowest BCUT2D eigenvalue weighted by Gasteiger charge is -2.24. The summed E-state index contributed by atoms with van der Waals surface area (Å²) >= 11 is 0. The normalized spacial score (nSPS) is 29.0. The first-order valence-corrected chi connectivity index (χ1v) is 12.0. The molecule has 0 aromatic carbocycles. The SMILES string of the molecule is CCNC(=NCC(C)(C)NS(C)(=O)=O)NCCN1C(=O)C2C3C=CC(C3)C2C1=O. The summed E-state index contributed by atoms with van der Waals surface area (Å²) in [4.78, 5) is 31.2. The van der Waals surface area contributed by atoms with E-state index in [4.69, 9.17) is 0 Å². The Morgan fingerprint density at radius 3 is 2.28 bits per heavy atom. The highest BCUT2D eigenvalue weighted by atomic mass is 32.2. The van der Waals surface area contributed by atoms with Crippen molar-refractivity contribution in [3.05, 3.63) is 12.2 Å². The van der Waals surface area contributed by atoms with Crippen molar-refractivity contribution in [1.29, 1.82) is 0 Å². The van der Waals surface area contributed by atoms with Crippen LogP contribution in [0.15, 0.2) is 17.1 Å². The Kier molecular flexibility index (Phi) is 6.05. The molecule has 162 valence electrons. The summed E-state index contributed by atoms with van der Waals surface area (Å²) in [5, 5.41) is 6.22. The van der Waals surface area contributed by atoms with E-state index in [1.54, 1.807) is 13.8 Å². The molecule has 3 rings (SSSR count). The highest BCUT2D eigenvalue weighted by Gasteiger charge is 2.58. The van der Waals surface area contributed by atoms with Crippen molar-refractivity contribution in [3.8, 4) is 0 Å². The number of imide groups is 1. The second-order valence-corrected chi connectivity index (χ2v) is 10.5. The standard InChI is InChI=1S/C19H31N5O4S/c1-5-20-18(22-11-19(2,3)23-29(4,27)28)21-8-9-24-16(25)14-12-6-7-13(10-12)15(14)17(24)26/h6-7,12-15,23H,5,8-11H2,1-4H3,(H2,20,21,22). The summed E-state index contributed by atoms with van der Waals surface area (Å²) in [5.41, 5.74) is -0.736. The fourth-order valence-corrected chi connectivity index (χ4v) is 5.69. The number of likely N-dealkylation sites (tertiary alicyclic amines) is 1. The van der Waals surface area contributed by atoms with Gasteiger partial charge in [-0.3, -0.25) is 19.5 Å². The van der Waals surface area contributed by atoms with E-state index in [2.05, 4.69) is 32.5 Å². The number of nitrogens with one attached hydrogen (secondary N) is 3. The van der Waals surface area contributed by atoms with Crippen LogP contribution in [-0.2, 0) is 19.6 Å². The van der Waals surface area contributed by atoms with Crippen LogP contribution >= 0.6 is 0 Å². The zero-order chi connectivity index (χ0) is 21.4. The number of fused-ring (bicyclic) bond motifs is 5. The number of amides is 2. The summed E-state index contributed by atoms with van der Waals surface area (Å²) in [6, 6.07) is 0. The molecule has 9 nitrogen and oxygen atoms in total. The first kappa shape index (κ1) is 21.8. The molecule has 0 aromatic rings. The van der Waals surface area contributed by atoms with Crippen molar-refractivity contribution in [1.82, 2.24) is 20.3 Å². The van der Waals surface area contributed by atoms with Crippen molar-refractivity contribution in [2.75, 3.05) is 32.4 Å². The number of carbonyl (C=O) groups excluding carboxylic acids is 2. The topological polar surface area (TPSA) is 120 Å². The van der Waals surface area contributed by atoms with Crippen molar-refractivity contribution in [2.45, 2.75) is 32.7 Å². The van der Waals surface area contributed by atoms with Gasteiger partial charge in [-0.15, -0.1) is 0 Å². The maximum absolute atomic E-state index is 12.7. The summed E-state index contributed by atoms with van der Waals surface area (Å²) in [5.74, 6) is 0.463. The molecule has 1 saturated heterocycles. The molecule has 10 heteroatoms. The molecule has 4 atom stereocenters. The average Bonchev–Trinajstić information content (AvgIpc) is 3.27. The van der Waals surface area contributed by atoms with Crippen LogP contribution in [0.1, 0.15) is 27.2 Å². The predicted molar refractivity (Wildman–Crippen MR) is 110 cm³/mol. The van der Waals surface area contributed by atoms with E-state index >= 15 is 0 Å². The van der Waals surface area contributed by atoms with E-state index in [0.717, 1.165) is 12.7 Å². The van der Waals surface area contributed by atoms with Gasteiger partial charge in [0.15, 0.2) is 5.96 Å². The van der Waals surface area contributed by atoms with Crippen molar-refractivity contribution < 1.29 is 18.0 Å². The van der Waals surface area contributed by atoms with Gasteiger partial charge in [0.2, 0.25) is 21.8 Å². The van der Waals surface area contributed by atoms with E-state index in [9.17, 15) is 18.0 Å². The van der Waals surface area contributed by atoms with Gasteiger partial charge in [0, 0.05) is 25.2 Å². The Hall–Kier alpha value is -1.94. The van der Waals surface area contributed by atoms with Crippen LogP contribution in [-0.4, -0.2) is 69.1 Å². The summed E-state index contributed by atoms with van der Waals surface area (Å²) in [6.45, 7) is 6.97. The summed E-state index contributed by atoms with van der Waals surface area (Å²) in [6.07, 6.45) is 6.21. The monoisotopic (exact) mass is 425 g/mol. The van der Waals surface area contributed by atoms with Gasteiger partial charge in [-0.2, -0.15) is 0 Å². The van der Waals surface area contributed by atoms with Crippen molar-refractivity contribution in [3.63, 3.8) is 0 Å². The van der Waals surface area contributed by atoms with E-state index in [1.165, 1.54) is 4.90 Å². The van der Waals surface area contributed by atoms with Gasteiger partial charge in [0.25, 0.3) is 0 Å². The van der Waals surface area contributed by atoms with Gasteiger partial charge < -0.3 is 10.6 Å². The predicted octanol–water partition coefficient (Wildman–Crippen LogP) is -0.324. The number of nitrogens with zero attached hydrogens (tertiary/aromatic N) is 2. The number of allylic oxidation sites excluding steroid dienone is 2. The van der Waals surface area contributed by atoms with Crippen LogP contribution in [0.5, 0.6) is 0 Å². The molecule has 0 radical (unpaired) electrons. The first-order chi connectivity index (χ1) is 13.5. The van der Waals surface area contributed by atoms with E-state index in [-0.39, 0.29) is 42.0 Å². The molecule has 2 aliphatic carbocycles. The van der Waals surface area contributed by atoms with Crippen LogP contribution in [0, 0.1) is 23.7 Å². The first-order valence-electron chi connectivity index (χ1n) is 10.1. The fourth-order valence-electron chi connectivity index (χ4n) is 4.62. The molecule has 1 aliphatic heterocycles. The Balaban J connectivity index is 1.55. The Labute approximate surface area is 172 Å². The van der Waals surface area contributed by atoms with Crippen molar-refractivity contribution in [2.24, 2.45) is 28.7 Å². The molecule has 0 aromatic heterocycles. The van der Waals surface area contributed by atoms with Crippen LogP contribution < -0.4 is 15.4 Å². The van der Waals surface area contributed by atoms with Gasteiger partial charge in [-0.05, 0) is 39.0 Å². The lowest BCUT2D eigenvalue weighted by molar-refractivity contribution is -0.140. The highest BCUT2D eigenvalue weighted by molar-refractivity contribution is 7.88. The van der Waals surface area contributed by atoms with Gasteiger partial charge in [0.1, 0.15) is 0 Å². The van der Waals surface area contributed by atoms with Gasteiger partial charge in [-0.1, -0.05) is 12.2 Å². The van der Waals surface area contributed by atoms with E-state index < -0.39 is 15.6 Å². The van der Waals surface area contributed by atoms with Gasteiger partial charge in [-0.25, -0.2) is 13.1 Å². The van der Waals surface area contributed by atoms with E-state index in [1.807, 2.05) is 6.92 Å². The fraction of sp³-hybridized carbons (Fsp3) is 0.737. The molecule has 0 spiro atoms. The smallest absolute Gasteiger partial charge is 0.233 e. The zero-order valence-corrected chi connectivity index (χ0v) is 18.3. The molecular formula is C19H31N5O4S. The van der Waals surface area contributed by atoms with Crippen LogP contribution in [0.25, 0.3) is 0 Å². The molecule has 4 unspecified atom stereocenters. The van der Waals surface area contributed by atoms with Gasteiger partial charge in [0.05, 0.1) is 24.6 Å². The Morgan fingerprint density at radius 1 is 1.17 bits per heavy atom. The number of guanidine groups is 1. The quantitative estimate of drug-likeness (QED) is 0.212. The third kappa shape index (κ3) is 4.80. The number of carbonyl (C=O) groups is 2. The molecule has 1 heterocycles. The highest BCUT2D eigenvalue weighted by Crippen LogP contribution is 2.52. The minimum absolute atomic E-state index is 0.0564. The lowest BCUT2D eigenvalue weighted by atomic mass is 9.85. The lowest BCUT2D eigenvalue weighted by Crippen LogP contribution is -2.47.